The highest BCUT2D eigenvalue weighted by Gasteiger charge is 2.40. The predicted molar refractivity (Wildman–Crippen MR) is 201 cm³/mol. The van der Waals surface area contributed by atoms with Crippen molar-refractivity contribution < 1.29 is 0 Å². The summed E-state index contributed by atoms with van der Waals surface area (Å²) in [5, 5.41) is 0. The van der Waals surface area contributed by atoms with Gasteiger partial charge in [-0.2, -0.15) is 0 Å². The Bertz CT molecular complexity index is 2020. The molecule has 5 aromatic rings. The third-order valence-corrected chi connectivity index (χ3v) is 12.0. The largest absolute Gasteiger partial charge is 0.310 e. The van der Waals surface area contributed by atoms with Gasteiger partial charge in [0.2, 0.25) is 0 Å². The Balaban J connectivity index is 1.44. The Morgan fingerprint density at radius 1 is 0.511 bits per heavy atom. The molecule has 0 radical (unpaired) electrons. The monoisotopic (exact) mass is 615 g/mol. The maximum Gasteiger partial charge on any atom is 0.0543 e. The van der Waals surface area contributed by atoms with E-state index in [0.717, 1.165) is 0 Å². The van der Waals surface area contributed by atoms with Gasteiger partial charge in [0, 0.05) is 22.4 Å². The highest BCUT2D eigenvalue weighted by molar-refractivity contribution is 5.95. The topological polar surface area (TPSA) is 3.24 Å². The van der Waals surface area contributed by atoms with Crippen molar-refractivity contribution in [2.45, 2.75) is 103 Å². The lowest BCUT2D eigenvalue weighted by Crippen LogP contribution is -2.34. The van der Waals surface area contributed by atoms with Crippen LogP contribution in [0.1, 0.15) is 106 Å². The SMILES string of the molecule is Cc1cc2c(cc1N(c1ccccc1)c1cc3c(cc1-c1ccc4c(c1)CCCC4)-c1ccccc1C3(C)C)C(C)(C)CCC2(C)C. The molecule has 238 valence electrons. The maximum absolute atomic E-state index is 2.58. The molecule has 5 aromatic carbocycles. The molecule has 0 unspecified atom stereocenters. The summed E-state index contributed by atoms with van der Waals surface area (Å²) >= 11 is 0. The molecule has 0 amide bonds. The molecule has 0 atom stereocenters. The van der Waals surface area contributed by atoms with Crippen LogP contribution in [0.15, 0.2) is 97.1 Å². The second kappa shape index (κ2) is 10.7. The zero-order valence-electron chi connectivity index (χ0n) is 29.4. The minimum absolute atomic E-state index is 0.0890. The molecule has 0 heterocycles. The number of benzene rings is 5. The molecule has 0 saturated carbocycles. The van der Waals surface area contributed by atoms with Crippen LogP contribution in [0.3, 0.4) is 0 Å². The fraction of sp³-hybridized carbons (Fsp3) is 0.348. The lowest BCUT2D eigenvalue weighted by atomic mass is 9.63. The van der Waals surface area contributed by atoms with Crippen molar-refractivity contribution in [3.8, 4) is 22.3 Å². The number of anilines is 3. The van der Waals surface area contributed by atoms with Crippen LogP contribution in [0.2, 0.25) is 0 Å². The van der Waals surface area contributed by atoms with Crippen LogP contribution in [-0.4, -0.2) is 0 Å². The van der Waals surface area contributed by atoms with Gasteiger partial charge in [0.25, 0.3) is 0 Å². The minimum atomic E-state index is -0.0890. The first-order valence-electron chi connectivity index (χ1n) is 17.9. The molecule has 1 heteroatoms. The lowest BCUT2D eigenvalue weighted by Gasteiger charge is -2.43. The van der Waals surface area contributed by atoms with Crippen LogP contribution in [0.25, 0.3) is 22.3 Å². The van der Waals surface area contributed by atoms with Gasteiger partial charge in [-0.15, -0.1) is 0 Å². The molecule has 47 heavy (non-hydrogen) atoms. The van der Waals surface area contributed by atoms with E-state index in [0.29, 0.717) is 0 Å². The van der Waals surface area contributed by atoms with Gasteiger partial charge in [-0.25, -0.2) is 0 Å². The van der Waals surface area contributed by atoms with Crippen LogP contribution >= 0.6 is 0 Å². The number of para-hydroxylation sites is 1. The second-order valence-electron chi connectivity index (χ2n) is 16.4. The third-order valence-electron chi connectivity index (χ3n) is 12.0. The van der Waals surface area contributed by atoms with Gasteiger partial charge in [0.15, 0.2) is 0 Å². The van der Waals surface area contributed by atoms with E-state index in [2.05, 4.69) is 150 Å². The molecular formula is C46H49N. The quantitative estimate of drug-likeness (QED) is 0.194. The van der Waals surface area contributed by atoms with Gasteiger partial charge in [-0.05, 0) is 142 Å². The van der Waals surface area contributed by atoms with Crippen molar-refractivity contribution in [3.05, 3.63) is 136 Å². The highest BCUT2D eigenvalue weighted by Crippen LogP contribution is 2.55. The predicted octanol–water partition coefficient (Wildman–Crippen LogP) is 12.7. The van der Waals surface area contributed by atoms with Gasteiger partial charge in [-0.3, -0.25) is 0 Å². The summed E-state index contributed by atoms with van der Waals surface area (Å²) in [6, 6.07) is 37.6. The molecule has 0 spiro atoms. The average Bonchev–Trinajstić information content (AvgIpc) is 3.29. The Hall–Kier alpha value is -4.10. The molecule has 0 aliphatic heterocycles. The Kier molecular flexibility index (Phi) is 6.89. The first kappa shape index (κ1) is 30.2. The van der Waals surface area contributed by atoms with E-state index in [4.69, 9.17) is 0 Å². The number of hydrogen-bond acceptors (Lipinski definition) is 1. The van der Waals surface area contributed by atoms with E-state index in [1.165, 1.54) is 117 Å². The number of fused-ring (bicyclic) bond motifs is 5. The van der Waals surface area contributed by atoms with Gasteiger partial charge in [0.1, 0.15) is 0 Å². The molecule has 1 nitrogen and oxygen atoms in total. The number of hydrogen-bond donors (Lipinski definition) is 0. The van der Waals surface area contributed by atoms with E-state index in [1.54, 1.807) is 0 Å². The summed E-state index contributed by atoms with van der Waals surface area (Å²) in [4.78, 5) is 2.58. The Morgan fingerprint density at radius 3 is 1.89 bits per heavy atom. The second-order valence-corrected chi connectivity index (χ2v) is 16.4. The van der Waals surface area contributed by atoms with E-state index < -0.39 is 0 Å². The minimum Gasteiger partial charge on any atom is -0.310 e. The summed E-state index contributed by atoms with van der Waals surface area (Å²) in [6.45, 7) is 16.9. The van der Waals surface area contributed by atoms with E-state index in [1.807, 2.05) is 0 Å². The molecule has 0 saturated heterocycles. The van der Waals surface area contributed by atoms with E-state index >= 15 is 0 Å². The summed E-state index contributed by atoms with van der Waals surface area (Å²) in [6.07, 6.45) is 7.38. The molecule has 3 aliphatic rings. The van der Waals surface area contributed by atoms with Gasteiger partial charge >= 0.3 is 0 Å². The van der Waals surface area contributed by atoms with Crippen molar-refractivity contribution in [3.63, 3.8) is 0 Å². The smallest absolute Gasteiger partial charge is 0.0543 e. The molecule has 0 bridgehead atoms. The fourth-order valence-corrected chi connectivity index (χ4v) is 8.99. The van der Waals surface area contributed by atoms with Crippen molar-refractivity contribution in [1.29, 1.82) is 0 Å². The summed E-state index contributed by atoms with van der Waals surface area (Å²) in [7, 11) is 0. The normalized spacial score (nSPS) is 18.1. The van der Waals surface area contributed by atoms with Gasteiger partial charge in [-0.1, -0.05) is 108 Å². The van der Waals surface area contributed by atoms with Crippen LogP contribution in [0.4, 0.5) is 17.1 Å². The van der Waals surface area contributed by atoms with Crippen LogP contribution in [0.5, 0.6) is 0 Å². The Labute approximate surface area is 282 Å². The number of nitrogens with zero attached hydrogens (tertiary/aromatic N) is 1. The van der Waals surface area contributed by atoms with Crippen molar-refractivity contribution in [1.82, 2.24) is 0 Å². The van der Waals surface area contributed by atoms with E-state index in [9.17, 15) is 0 Å². The zero-order chi connectivity index (χ0) is 32.7. The molecule has 0 aromatic heterocycles. The van der Waals surface area contributed by atoms with Crippen molar-refractivity contribution in [2.75, 3.05) is 4.90 Å². The molecule has 0 N–H and O–H groups in total. The summed E-state index contributed by atoms with van der Waals surface area (Å²) in [5.74, 6) is 0. The summed E-state index contributed by atoms with van der Waals surface area (Å²) in [5.41, 5.74) is 19.6. The number of rotatable bonds is 4. The first-order valence-corrected chi connectivity index (χ1v) is 17.9. The van der Waals surface area contributed by atoms with E-state index in [-0.39, 0.29) is 16.2 Å². The van der Waals surface area contributed by atoms with Crippen molar-refractivity contribution in [2.24, 2.45) is 0 Å². The first-order chi connectivity index (χ1) is 22.5. The highest BCUT2D eigenvalue weighted by atomic mass is 15.1. The molecule has 0 fully saturated rings. The van der Waals surface area contributed by atoms with Crippen LogP contribution < -0.4 is 4.90 Å². The average molecular weight is 616 g/mol. The Morgan fingerprint density at radius 2 is 1.15 bits per heavy atom. The molecular weight excluding hydrogens is 567 g/mol. The fourth-order valence-electron chi connectivity index (χ4n) is 8.99. The van der Waals surface area contributed by atoms with Crippen LogP contribution in [-0.2, 0) is 29.1 Å². The maximum atomic E-state index is 2.58. The molecule has 3 aliphatic carbocycles. The van der Waals surface area contributed by atoms with Crippen LogP contribution in [0, 0.1) is 6.92 Å². The lowest BCUT2D eigenvalue weighted by molar-refractivity contribution is 0.332. The zero-order valence-corrected chi connectivity index (χ0v) is 29.4. The standard InChI is InChI=1S/C46H49N/c1-30-25-40-41(45(4,5)24-23-44(40,2)3)29-42(30)47(34-17-9-8-10-18-34)43-28-39-37(35-19-13-14-20-38(35)46(39,6)7)27-36(43)33-22-21-31-15-11-12-16-32(31)26-33/h8-10,13-14,17-22,25-29H,11-12,15-16,23-24H2,1-7H3. The van der Waals surface area contributed by atoms with Gasteiger partial charge < -0.3 is 4.90 Å². The third kappa shape index (κ3) is 4.80. The van der Waals surface area contributed by atoms with Crippen molar-refractivity contribution >= 4 is 17.1 Å². The molecule has 8 rings (SSSR count). The number of aryl methyl sites for hydroxylation is 3. The van der Waals surface area contributed by atoms with Gasteiger partial charge in [0.05, 0.1) is 5.69 Å². The summed E-state index contributed by atoms with van der Waals surface area (Å²) < 4.78 is 0.